The molecule has 2 unspecified atom stereocenters. The smallest absolute Gasteiger partial charge is 0.462 e. The van der Waals surface area contributed by atoms with E-state index in [9.17, 15) is 43.2 Å². The molecular weight excluding hydrogens is 1370 g/mol. The lowest BCUT2D eigenvalue weighted by atomic mass is 10.0. The highest BCUT2D eigenvalue weighted by Crippen LogP contribution is 2.45. The summed E-state index contributed by atoms with van der Waals surface area (Å²) >= 11 is 0. The molecule has 0 fully saturated rings. The average molecular weight is 1540 g/mol. The first-order chi connectivity index (χ1) is 51.0. The number of rotatable bonds is 86. The number of phosphoric ester groups is 2. The molecule has 0 radical (unpaired) electrons. The summed E-state index contributed by atoms with van der Waals surface area (Å²) in [6, 6.07) is 0. The molecule has 105 heavy (non-hydrogen) atoms. The first-order valence-electron chi connectivity index (χ1n) is 44.6. The van der Waals surface area contributed by atoms with E-state index in [-0.39, 0.29) is 25.7 Å². The van der Waals surface area contributed by atoms with E-state index < -0.39 is 97.5 Å². The molecule has 0 aliphatic heterocycles. The Labute approximate surface area is 645 Å². The highest BCUT2D eigenvalue weighted by molar-refractivity contribution is 7.47. The molecule has 17 nitrogen and oxygen atoms in total. The minimum absolute atomic E-state index is 0.109. The summed E-state index contributed by atoms with van der Waals surface area (Å²) in [4.78, 5) is 73.2. The maximum absolute atomic E-state index is 13.1. The van der Waals surface area contributed by atoms with Crippen LogP contribution in [0.4, 0.5) is 0 Å². The molecule has 0 bridgehead atoms. The lowest BCUT2D eigenvalue weighted by molar-refractivity contribution is -0.161. The van der Waals surface area contributed by atoms with Crippen molar-refractivity contribution in [2.75, 3.05) is 39.6 Å². The van der Waals surface area contributed by atoms with Crippen molar-refractivity contribution in [3.8, 4) is 0 Å². The van der Waals surface area contributed by atoms with E-state index in [1.165, 1.54) is 289 Å². The van der Waals surface area contributed by atoms with E-state index in [1.807, 2.05) is 0 Å². The fourth-order valence-corrected chi connectivity index (χ4v) is 15.1. The van der Waals surface area contributed by atoms with Crippen molar-refractivity contribution in [3.05, 3.63) is 0 Å². The van der Waals surface area contributed by atoms with E-state index >= 15 is 0 Å². The van der Waals surface area contributed by atoms with Gasteiger partial charge in [-0.25, -0.2) is 9.13 Å². The van der Waals surface area contributed by atoms with Crippen LogP contribution in [0.2, 0.25) is 0 Å². The molecule has 0 aromatic rings. The normalized spacial score (nSPS) is 13.8. The summed E-state index contributed by atoms with van der Waals surface area (Å²) in [7, 11) is -9.92. The number of esters is 4. The van der Waals surface area contributed by atoms with Gasteiger partial charge < -0.3 is 33.8 Å². The van der Waals surface area contributed by atoms with Gasteiger partial charge in [0.25, 0.3) is 0 Å². The number of aliphatic hydroxyl groups excluding tert-OH is 1. The molecule has 0 rings (SSSR count). The summed E-state index contributed by atoms with van der Waals surface area (Å²) in [5.41, 5.74) is 0. The lowest BCUT2D eigenvalue weighted by Gasteiger charge is -2.21. The van der Waals surface area contributed by atoms with Gasteiger partial charge in [-0.3, -0.25) is 37.3 Å². The Bertz CT molecular complexity index is 2000. The van der Waals surface area contributed by atoms with Crippen molar-refractivity contribution in [3.63, 3.8) is 0 Å². The number of phosphoric acid groups is 2. The van der Waals surface area contributed by atoms with E-state index in [2.05, 4.69) is 34.6 Å². The van der Waals surface area contributed by atoms with Crippen LogP contribution in [-0.4, -0.2) is 96.7 Å². The van der Waals surface area contributed by atoms with Gasteiger partial charge in [-0.1, -0.05) is 413 Å². The molecule has 0 saturated carbocycles. The molecular formula is C86H168O17P2. The van der Waals surface area contributed by atoms with Gasteiger partial charge in [-0.15, -0.1) is 0 Å². The summed E-state index contributed by atoms with van der Waals surface area (Å²) in [6.45, 7) is 7.39. The average Bonchev–Trinajstić information content (AvgIpc) is 0.984. The van der Waals surface area contributed by atoms with E-state index in [0.29, 0.717) is 25.7 Å². The van der Waals surface area contributed by atoms with Crippen LogP contribution in [0.15, 0.2) is 0 Å². The van der Waals surface area contributed by atoms with Gasteiger partial charge in [0.05, 0.1) is 26.4 Å². The fourth-order valence-electron chi connectivity index (χ4n) is 13.5. The zero-order valence-electron chi connectivity index (χ0n) is 68.9. The molecule has 624 valence electrons. The SMILES string of the molecule is CCCCCCCCCCCCCCCCCCCCCCC(=O)OC[C@H](COP(=O)(O)OC[C@@H](O)COP(=O)(O)OC[C@@H](COC(=O)CCCCCCCCCCCC)OC(=O)CCCCCCCCCCCCCCCC)OC(=O)CCCCCCCCCCCCCCCCCCCCC(C)C. The number of carbonyl (C=O) groups excluding carboxylic acids is 4. The van der Waals surface area contributed by atoms with E-state index in [1.54, 1.807) is 0 Å². The van der Waals surface area contributed by atoms with Crippen LogP contribution in [0.5, 0.6) is 0 Å². The van der Waals surface area contributed by atoms with E-state index in [0.717, 1.165) is 95.8 Å². The Kier molecular flexibility index (Phi) is 77.3. The number of ether oxygens (including phenoxy) is 4. The Balaban J connectivity index is 5.21. The number of carbonyl (C=O) groups is 4. The molecule has 0 aliphatic carbocycles. The molecule has 5 atom stereocenters. The summed E-state index contributed by atoms with van der Waals surface area (Å²) in [6.07, 6.45) is 72.2. The minimum atomic E-state index is -4.97. The second-order valence-corrected chi connectivity index (χ2v) is 34.3. The Morgan fingerprint density at radius 3 is 0.648 bits per heavy atom. The highest BCUT2D eigenvalue weighted by Gasteiger charge is 2.30. The van der Waals surface area contributed by atoms with Gasteiger partial charge in [-0.2, -0.15) is 0 Å². The van der Waals surface area contributed by atoms with Crippen LogP contribution >= 0.6 is 15.6 Å². The van der Waals surface area contributed by atoms with Crippen molar-refractivity contribution < 1.29 is 80.2 Å². The van der Waals surface area contributed by atoms with Gasteiger partial charge in [0.15, 0.2) is 12.2 Å². The minimum Gasteiger partial charge on any atom is -0.462 e. The van der Waals surface area contributed by atoms with Crippen molar-refractivity contribution in [1.82, 2.24) is 0 Å². The lowest BCUT2D eigenvalue weighted by Crippen LogP contribution is -2.30. The molecule has 0 aromatic carbocycles. The number of hydrogen-bond donors (Lipinski definition) is 3. The molecule has 19 heteroatoms. The number of unbranched alkanes of at least 4 members (excludes halogenated alkanes) is 58. The van der Waals surface area contributed by atoms with Gasteiger partial charge in [0.1, 0.15) is 19.3 Å². The third-order valence-corrected chi connectivity index (χ3v) is 22.2. The van der Waals surface area contributed by atoms with Crippen molar-refractivity contribution in [1.29, 1.82) is 0 Å². The monoisotopic (exact) mass is 1540 g/mol. The largest absolute Gasteiger partial charge is 0.472 e. The molecule has 0 spiro atoms. The van der Waals surface area contributed by atoms with Crippen LogP contribution in [-0.2, 0) is 65.4 Å². The first kappa shape index (κ1) is 103. The third kappa shape index (κ3) is 79.9. The predicted octanol–water partition coefficient (Wildman–Crippen LogP) is 26.4. The molecule has 0 amide bonds. The zero-order chi connectivity index (χ0) is 76.9. The second kappa shape index (κ2) is 78.7. The topological polar surface area (TPSA) is 237 Å². The van der Waals surface area contributed by atoms with Crippen LogP contribution in [0, 0.1) is 5.92 Å². The van der Waals surface area contributed by atoms with E-state index in [4.69, 9.17) is 37.0 Å². The second-order valence-electron chi connectivity index (χ2n) is 31.4. The highest BCUT2D eigenvalue weighted by atomic mass is 31.2. The van der Waals surface area contributed by atoms with Crippen LogP contribution in [0.3, 0.4) is 0 Å². The van der Waals surface area contributed by atoms with Gasteiger partial charge >= 0.3 is 39.5 Å². The van der Waals surface area contributed by atoms with Gasteiger partial charge in [0.2, 0.25) is 0 Å². The Morgan fingerprint density at radius 1 is 0.257 bits per heavy atom. The van der Waals surface area contributed by atoms with Gasteiger partial charge in [-0.05, 0) is 31.6 Å². The van der Waals surface area contributed by atoms with Crippen LogP contribution in [0.1, 0.15) is 465 Å². The van der Waals surface area contributed by atoms with Crippen molar-refractivity contribution in [2.24, 2.45) is 5.92 Å². The molecule has 0 aromatic heterocycles. The molecule has 0 heterocycles. The third-order valence-electron chi connectivity index (χ3n) is 20.3. The quantitative estimate of drug-likeness (QED) is 0.0222. The number of aliphatic hydroxyl groups is 1. The van der Waals surface area contributed by atoms with Gasteiger partial charge in [0, 0.05) is 25.7 Å². The first-order valence-corrected chi connectivity index (χ1v) is 47.6. The Hall–Kier alpha value is -1.94. The summed E-state index contributed by atoms with van der Waals surface area (Å²) < 4.78 is 68.9. The maximum Gasteiger partial charge on any atom is 0.472 e. The molecule has 0 aliphatic rings. The summed E-state index contributed by atoms with van der Waals surface area (Å²) in [5.74, 6) is -1.28. The van der Waals surface area contributed by atoms with Crippen molar-refractivity contribution in [2.45, 2.75) is 483 Å². The Morgan fingerprint density at radius 2 is 0.438 bits per heavy atom. The predicted molar refractivity (Wildman–Crippen MR) is 432 cm³/mol. The standard InChI is InChI=1S/C86H168O17P2/c1-6-9-12-15-18-21-24-26-28-29-30-31-35-38-42-45-50-55-60-65-70-84(89)97-76-82(103-86(91)72-67-62-57-52-47-43-39-36-33-32-34-37-40-44-48-53-58-63-68-79(4)5)78-101-105(94,95)99-74-80(87)73-98-104(92,93)100-77-81(75-96-83(88)69-64-59-54-49-23-20-17-14-11-8-3)102-85(90)71-66-61-56-51-46-41-27-25-22-19-16-13-10-7-2/h79-82,87H,6-78H2,1-5H3,(H,92,93)(H,94,95)/t80-,81+,82+/m0/s1. The zero-order valence-corrected chi connectivity index (χ0v) is 70.7. The van der Waals surface area contributed by atoms with Crippen molar-refractivity contribution >= 4 is 39.5 Å². The number of hydrogen-bond acceptors (Lipinski definition) is 15. The maximum atomic E-state index is 13.1. The fraction of sp³-hybridized carbons (Fsp3) is 0.953. The van der Waals surface area contributed by atoms with Crippen LogP contribution < -0.4 is 0 Å². The molecule has 0 saturated heterocycles. The molecule has 3 N–H and O–H groups in total. The van der Waals surface area contributed by atoms with Crippen LogP contribution in [0.25, 0.3) is 0 Å². The summed E-state index contributed by atoms with van der Waals surface area (Å²) in [5, 5.41) is 10.7.